The van der Waals surface area contributed by atoms with Gasteiger partial charge in [-0.2, -0.15) is 11.8 Å². The van der Waals surface area contributed by atoms with Gasteiger partial charge in [0.25, 0.3) is 0 Å². The molecule has 0 bridgehead atoms. The molecule has 2 rings (SSSR count). The van der Waals surface area contributed by atoms with Crippen molar-refractivity contribution in [3.8, 4) is 0 Å². The number of aliphatic imine (C=N–C) groups is 1. The van der Waals surface area contributed by atoms with Gasteiger partial charge in [0.2, 0.25) is 0 Å². The highest BCUT2D eigenvalue weighted by Crippen LogP contribution is 2.16. The molecule has 1 aromatic rings. The Labute approximate surface area is 198 Å². The monoisotopic (exact) mass is 537 g/mol. The maximum Gasteiger partial charge on any atom is 0.191 e. The molecule has 0 aliphatic carbocycles. The molecular formula is C20H40IN7S. The quantitative estimate of drug-likeness (QED) is 0.185. The van der Waals surface area contributed by atoms with Gasteiger partial charge in [0.05, 0.1) is 0 Å². The summed E-state index contributed by atoms with van der Waals surface area (Å²) in [6.45, 7) is 10.4. The summed E-state index contributed by atoms with van der Waals surface area (Å²) < 4.78 is 2.11. The molecule has 168 valence electrons. The van der Waals surface area contributed by atoms with E-state index in [0.717, 1.165) is 69.0 Å². The molecule has 1 saturated heterocycles. The Morgan fingerprint density at radius 3 is 2.83 bits per heavy atom. The van der Waals surface area contributed by atoms with Crippen LogP contribution in [0.5, 0.6) is 0 Å². The molecule has 9 heteroatoms. The molecular weight excluding hydrogens is 497 g/mol. The maximum absolute atomic E-state index is 4.75. The zero-order valence-corrected chi connectivity index (χ0v) is 21.5. The summed E-state index contributed by atoms with van der Waals surface area (Å²) >= 11 is 1.88. The summed E-state index contributed by atoms with van der Waals surface area (Å²) in [5.74, 6) is 3.12. The average molecular weight is 538 g/mol. The number of rotatable bonds is 12. The van der Waals surface area contributed by atoms with Gasteiger partial charge in [0.1, 0.15) is 12.2 Å². The highest BCUT2D eigenvalue weighted by Gasteiger charge is 2.17. The van der Waals surface area contributed by atoms with Crippen LogP contribution in [-0.4, -0.2) is 76.4 Å². The number of hydrogen-bond donors (Lipinski definition) is 2. The van der Waals surface area contributed by atoms with E-state index in [2.05, 4.69) is 50.4 Å². The van der Waals surface area contributed by atoms with E-state index in [1.165, 1.54) is 32.4 Å². The lowest BCUT2D eigenvalue weighted by molar-refractivity contribution is 0.159. The smallest absolute Gasteiger partial charge is 0.191 e. The molecule has 1 atom stereocenters. The summed E-state index contributed by atoms with van der Waals surface area (Å²) in [4.78, 5) is 7.38. The highest BCUT2D eigenvalue weighted by atomic mass is 127. The normalized spacial score (nSPS) is 17.8. The summed E-state index contributed by atoms with van der Waals surface area (Å²) in [5, 5.41) is 15.2. The molecule has 0 spiro atoms. The van der Waals surface area contributed by atoms with Gasteiger partial charge in [0, 0.05) is 45.2 Å². The van der Waals surface area contributed by atoms with Crippen molar-refractivity contribution < 1.29 is 0 Å². The van der Waals surface area contributed by atoms with Crippen LogP contribution in [0.1, 0.15) is 51.8 Å². The van der Waals surface area contributed by atoms with Crippen molar-refractivity contribution >= 4 is 41.7 Å². The minimum atomic E-state index is 0. The zero-order valence-electron chi connectivity index (χ0n) is 18.4. The number of likely N-dealkylation sites (tertiary alicyclic amines) is 1. The van der Waals surface area contributed by atoms with Gasteiger partial charge in [-0.05, 0) is 51.2 Å². The van der Waals surface area contributed by atoms with Crippen LogP contribution in [0.2, 0.25) is 0 Å². The summed E-state index contributed by atoms with van der Waals surface area (Å²) in [6.07, 6.45) is 11.2. The molecule has 1 unspecified atom stereocenters. The van der Waals surface area contributed by atoms with Crippen LogP contribution in [0.3, 0.4) is 0 Å². The Morgan fingerprint density at radius 1 is 1.24 bits per heavy atom. The Morgan fingerprint density at radius 2 is 2.07 bits per heavy atom. The van der Waals surface area contributed by atoms with Crippen LogP contribution in [0.4, 0.5) is 0 Å². The fourth-order valence-electron chi connectivity index (χ4n) is 3.59. The lowest BCUT2D eigenvalue weighted by Gasteiger charge is -2.33. The van der Waals surface area contributed by atoms with Crippen LogP contribution >= 0.6 is 35.7 Å². The molecule has 29 heavy (non-hydrogen) atoms. The maximum atomic E-state index is 4.75. The van der Waals surface area contributed by atoms with Gasteiger partial charge < -0.3 is 20.1 Å². The molecule has 1 aromatic heterocycles. The van der Waals surface area contributed by atoms with E-state index in [-0.39, 0.29) is 24.0 Å². The van der Waals surface area contributed by atoms with Gasteiger partial charge >= 0.3 is 0 Å². The number of halogens is 1. The average Bonchev–Trinajstić information content (AvgIpc) is 3.16. The van der Waals surface area contributed by atoms with E-state index >= 15 is 0 Å². The fraction of sp³-hybridized carbons (Fsp3) is 0.850. The molecule has 1 aliphatic heterocycles. The van der Waals surface area contributed by atoms with Crippen molar-refractivity contribution in [2.45, 2.75) is 65.0 Å². The van der Waals surface area contributed by atoms with E-state index in [1.54, 1.807) is 0 Å². The number of hydrogen-bond acceptors (Lipinski definition) is 5. The molecule has 2 N–H and O–H groups in total. The van der Waals surface area contributed by atoms with Crippen LogP contribution in [0, 0.1) is 0 Å². The van der Waals surface area contributed by atoms with Gasteiger partial charge in [-0.1, -0.05) is 13.3 Å². The van der Waals surface area contributed by atoms with E-state index < -0.39 is 0 Å². The van der Waals surface area contributed by atoms with Gasteiger partial charge in [0.15, 0.2) is 5.96 Å². The highest BCUT2D eigenvalue weighted by molar-refractivity contribution is 14.0. The van der Waals surface area contributed by atoms with Crippen molar-refractivity contribution in [1.29, 1.82) is 0 Å². The van der Waals surface area contributed by atoms with Gasteiger partial charge in [-0.3, -0.25) is 4.99 Å². The topological polar surface area (TPSA) is 70.4 Å². The molecule has 0 aromatic carbocycles. The molecule has 1 fully saturated rings. The molecule has 0 amide bonds. The number of thioether (sulfide) groups is 1. The second-order valence-electron chi connectivity index (χ2n) is 7.46. The minimum absolute atomic E-state index is 0. The summed E-state index contributed by atoms with van der Waals surface area (Å²) in [7, 11) is 0. The third-order valence-electron chi connectivity index (χ3n) is 5.29. The standard InChI is InChI=1S/C20H39N7S.HI/c1-4-19-25-24-17-27(19)15-12-23-20(22-11-8-16-28-3)21-10-7-14-26-13-6-5-9-18(26)2;/h17-18H,4-16H2,1-3H3,(H2,21,22,23);1H. The first-order valence-corrected chi connectivity index (χ1v) is 12.3. The Balaban J connectivity index is 0.00000420. The molecule has 0 radical (unpaired) electrons. The second kappa shape index (κ2) is 16.2. The predicted molar refractivity (Wildman–Crippen MR) is 136 cm³/mol. The second-order valence-corrected chi connectivity index (χ2v) is 8.44. The van der Waals surface area contributed by atoms with Crippen LogP contribution in [0.15, 0.2) is 11.3 Å². The van der Waals surface area contributed by atoms with Crippen molar-refractivity contribution in [2.75, 3.05) is 44.7 Å². The minimum Gasteiger partial charge on any atom is -0.356 e. The molecule has 1 aliphatic rings. The lowest BCUT2D eigenvalue weighted by Crippen LogP contribution is -2.42. The summed E-state index contributed by atoms with van der Waals surface area (Å²) in [6, 6.07) is 0.739. The number of nitrogens with one attached hydrogen (secondary N) is 2. The van der Waals surface area contributed by atoms with E-state index in [0.29, 0.717) is 0 Å². The SMILES string of the molecule is CCc1nncn1CCNC(=NCCCSC)NCCCN1CCCCC1C.I. The fourth-order valence-corrected chi connectivity index (χ4v) is 4.00. The number of piperidine rings is 1. The van der Waals surface area contributed by atoms with Crippen LogP contribution in [-0.2, 0) is 13.0 Å². The lowest BCUT2D eigenvalue weighted by atomic mass is 10.0. The van der Waals surface area contributed by atoms with Crippen LogP contribution < -0.4 is 10.6 Å². The van der Waals surface area contributed by atoms with E-state index in [9.17, 15) is 0 Å². The Kier molecular flexibility index (Phi) is 14.8. The van der Waals surface area contributed by atoms with Gasteiger partial charge in [-0.25, -0.2) is 0 Å². The first-order valence-electron chi connectivity index (χ1n) is 10.9. The van der Waals surface area contributed by atoms with Crippen molar-refractivity contribution in [2.24, 2.45) is 4.99 Å². The van der Waals surface area contributed by atoms with Crippen LogP contribution in [0.25, 0.3) is 0 Å². The predicted octanol–water partition coefficient (Wildman–Crippen LogP) is 3.01. The zero-order chi connectivity index (χ0) is 20.0. The Bertz CT molecular complexity index is 567. The van der Waals surface area contributed by atoms with Crippen molar-refractivity contribution in [3.05, 3.63) is 12.2 Å². The molecule has 7 nitrogen and oxygen atoms in total. The van der Waals surface area contributed by atoms with Crippen molar-refractivity contribution in [1.82, 2.24) is 30.3 Å². The van der Waals surface area contributed by atoms with E-state index in [1.807, 2.05) is 18.1 Å². The third kappa shape index (κ3) is 10.3. The largest absolute Gasteiger partial charge is 0.356 e. The molecule has 0 saturated carbocycles. The summed E-state index contributed by atoms with van der Waals surface area (Å²) in [5.41, 5.74) is 0. The molecule has 2 heterocycles. The first-order chi connectivity index (χ1) is 13.7. The van der Waals surface area contributed by atoms with Crippen molar-refractivity contribution in [3.63, 3.8) is 0 Å². The van der Waals surface area contributed by atoms with E-state index in [4.69, 9.17) is 4.99 Å². The Hall–Kier alpha value is -0.550. The number of aryl methyl sites for hydroxylation is 1. The number of aromatic nitrogens is 3. The number of guanidine groups is 1. The number of nitrogens with zero attached hydrogens (tertiary/aromatic N) is 5. The first kappa shape index (κ1) is 26.5. The third-order valence-corrected chi connectivity index (χ3v) is 5.99. The van der Waals surface area contributed by atoms with Gasteiger partial charge in [-0.15, -0.1) is 34.2 Å².